The van der Waals surface area contributed by atoms with E-state index in [9.17, 15) is 19.3 Å². The first-order valence-corrected chi connectivity index (χ1v) is 6.56. The molecule has 0 atom stereocenters. The van der Waals surface area contributed by atoms with Gasteiger partial charge in [-0.1, -0.05) is 0 Å². The minimum atomic E-state index is -1.56. The zero-order chi connectivity index (χ0) is 15.6. The summed E-state index contributed by atoms with van der Waals surface area (Å²) in [5.74, 6) is -2.59. The maximum atomic E-state index is 13.6. The number of aryl methyl sites for hydroxylation is 1. The number of thiazole rings is 1. The van der Waals surface area contributed by atoms with Crippen molar-refractivity contribution in [1.29, 1.82) is 0 Å². The molecule has 0 radical (unpaired) electrons. The molecule has 2 rings (SSSR count). The number of nitro benzene ring substituents is 1. The third kappa shape index (κ3) is 3.31. The van der Waals surface area contributed by atoms with Crippen molar-refractivity contribution in [2.24, 2.45) is 0 Å². The molecule has 0 aliphatic carbocycles. The minimum Gasteiger partial charge on any atom is -0.478 e. The van der Waals surface area contributed by atoms with Crippen molar-refractivity contribution in [3.05, 3.63) is 49.7 Å². The highest BCUT2D eigenvalue weighted by Gasteiger charge is 2.21. The molecule has 0 spiro atoms. The fourth-order valence-corrected chi connectivity index (χ4v) is 2.42. The number of carboxylic acids is 1. The summed E-state index contributed by atoms with van der Waals surface area (Å²) in [6.45, 7) is 2.05. The highest BCUT2D eigenvalue weighted by atomic mass is 32.1. The van der Waals surface area contributed by atoms with Gasteiger partial charge in [-0.05, 0) is 6.92 Å². The molecule has 0 fully saturated rings. The van der Waals surface area contributed by atoms with Crippen LogP contribution in [-0.2, 0) is 6.54 Å². The summed E-state index contributed by atoms with van der Waals surface area (Å²) in [5.41, 5.74) is -1.30. The number of hydrogen-bond donors (Lipinski definition) is 2. The van der Waals surface area contributed by atoms with Crippen LogP contribution in [0, 0.1) is 22.9 Å². The maximum Gasteiger partial charge on any atom is 0.338 e. The molecule has 1 aromatic heterocycles. The van der Waals surface area contributed by atoms with Gasteiger partial charge in [-0.25, -0.2) is 14.2 Å². The van der Waals surface area contributed by atoms with Crippen LogP contribution in [0.5, 0.6) is 0 Å². The monoisotopic (exact) mass is 311 g/mol. The van der Waals surface area contributed by atoms with Crippen LogP contribution in [0.2, 0.25) is 0 Å². The van der Waals surface area contributed by atoms with E-state index in [1.807, 2.05) is 6.92 Å². The third-order valence-electron chi connectivity index (χ3n) is 2.63. The van der Waals surface area contributed by atoms with Gasteiger partial charge in [0.05, 0.1) is 16.5 Å². The molecule has 0 amide bonds. The average molecular weight is 311 g/mol. The standard InChI is InChI=1S/C12H10FN3O4S/c1-6-14-4-7(21-6)5-15-10-3-9(13)8(12(17)18)2-11(10)16(19)20/h2-4,15H,5H2,1H3,(H,17,18). The molecule has 7 nitrogen and oxygen atoms in total. The minimum absolute atomic E-state index is 0.0754. The molecular weight excluding hydrogens is 301 g/mol. The Hall–Kier alpha value is -2.55. The van der Waals surface area contributed by atoms with Gasteiger partial charge in [0.15, 0.2) is 0 Å². The van der Waals surface area contributed by atoms with Crippen molar-refractivity contribution < 1.29 is 19.2 Å². The van der Waals surface area contributed by atoms with Gasteiger partial charge in [-0.3, -0.25) is 10.1 Å². The first-order valence-electron chi connectivity index (χ1n) is 5.75. The number of aromatic nitrogens is 1. The van der Waals surface area contributed by atoms with Crippen molar-refractivity contribution in [3.8, 4) is 0 Å². The van der Waals surface area contributed by atoms with E-state index in [0.717, 1.165) is 16.0 Å². The van der Waals surface area contributed by atoms with Gasteiger partial charge < -0.3 is 10.4 Å². The van der Waals surface area contributed by atoms with E-state index >= 15 is 0 Å². The van der Waals surface area contributed by atoms with Crippen molar-refractivity contribution in [2.75, 3.05) is 5.32 Å². The fourth-order valence-electron chi connectivity index (χ4n) is 1.69. The van der Waals surface area contributed by atoms with E-state index < -0.39 is 28.0 Å². The molecule has 1 heterocycles. The molecule has 0 saturated heterocycles. The Bertz CT molecular complexity index is 717. The molecule has 110 valence electrons. The molecule has 0 aliphatic heterocycles. The Morgan fingerprint density at radius 2 is 2.29 bits per heavy atom. The highest BCUT2D eigenvalue weighted by Crippen LogP contribution is 2.28. The van der Waals surface area contributed by atoms with Crippen LogP contribution in [0.1, 0.15) is 20.2 Å². The molecule has 0 saturated carbocycles. The quantitative estimate of drug-likeness (QED) is 0.649. The van der Waals surface area contributed by atoms with Crippen molar-refractivity contribution in [2.45, 2.75) is 13.5 Å². The molecule has 9 heteroatoms. The van der Waals surface area contributed by atoms with Crippen molar-refractivity contribution >= 4 is 28.7 Å². The summed E-state index contributed by atoms with van der Waals surface area (Å²) >= 11 is 1.40. The predicted octanol–water partition coefficient (Wildman–Crippen LogP) is 2.81. The summed E-state index contributed by atoms with van der Waals surface area (Å²) in [7, 11) is 0. The number of carbonyl (C=O) groups is 1. The van der Waals surface area contributed by atoms with Crippen LogP contribution in [0.3, 0.4) is 0 Å². The normalized spacial score (nSPS) is 10.4. The van der Waals surface area contributed by atoms with E-state index in [-0.39, 0.29) is 12.2 Å². The number of halogens is 1. The maximum absolute atomic E-state index is 13.6. The summed E-state index contributed by atoms with van der Waals surface area (Å²) in [5, 5.41) is 23.3. The summed E-state index contributed by atoms with van der Waals surface area (Å²) in [4.78, 5) is 25.9. The lowest BCUT2D eigenvalue weighted by atomic mass is 10.1. The Morgan fingerprint density at radius 3 is 2.81 bits per heavy atom. The molecular formula is C12H10FN3O4S. The fraction of sp³-hybridized carbons (Fsp3) is 0.167. The van der Waals surface area contributed by atoms with Crippen molar-refractivity contribution in [1.82, 2.24) is 4.98 Å². The van der Waals surface area contributed by atoms with Gasteiger partial charge in [0, 0.05) is 23.2 Å². The van der Waals surface area contributed by atoms with Crippen LogP contribution < -0.4 is 5.32 Å². The number of hydrogen-bond acceptors (Lipinski definition) is 6. The van der Waals surface area contributed by atoms with Gasteiger partial charge in [0.2, 0.25) is 0 Å². The van der Waals surface area contributed by atoms with Crippen molar-refractivity contribution in [3.63, 3.8) is 0 Å². The zero-order valence-corrected chi connectivity index (χ0v) is 11.6. The number of aromatic carboxylic acids is 1. The zero-order valence-electron chi connectivity index (χ0n) is 10.8. The number of anilines is 1. The number of nitrogens with one attached hydrogen (secondary N) is 1. The lowest BCUT2D eigenvalue weighted by molar-refractivity contribution is -0.384. The Balaban J connectivity index is 2.31. The van der Waals surface area contributed by atoms with E-state index in [1.165, 1.54) is 11.3 Å². The number of carboxylic acid groups (broad SMARTS) is 1. The molecule has 0 bridgehead atoms. The lowest BCUT2D eigenvalue weighted by Gasteiger charge is -2.07. The third-order valence-corrected chi connectivity index (χ3v) is 3.55. The van der Waals surface area contributed by atoms with Gasteiger partial charge in [-0.15, -0.1) is 11.3 Å². The van der Waals surface area contributed by atoms with Crippen LogP contribution in [-0.4, -0.2) is 21.0 Å². The topological polar surface area (TPSA) is 105 Å². The largest absolute Gasteiger partial charge is 0.478 e. The van der Waals surface area contributed by atoms with Crippen LogP contribution in [0.25, 0.3) is 0 Å². The van der Waals surface area contributed by atoms with E-state index in [4.69, 9.17) is 5.11 Å². The number of rotatable bonds is 5. The van der Waals surface area contributed by atoms with E-state index in [1.54, 1.807) is 6.20 Å². The second kappa shape index (κ2) is 5.83. The SMILES string of the molecule is Cc1ncc(CNc2cc(F)c(C(=O)O)cc2[N+](=O)[O-])s1. The Morgan fingerprint density at radius 1 is 1.57 bits per heavy atom. The average Bonchev–Trinajstić information content (AvgIpc) is 2.81. The first kappa shape index (κ1) is 14.9. The smallest absolute Gasteiger partial charge is 0.338 e. The predicted molar refractivity (Wildman–Crippen MR) is 74.2 cm³/mol. The second-order valence-corrected chi connectivity index (χ2v) is 5.43. The summed E-state index contributed by atoms with van der Waals surface area (Å²) < 4.78 is 13.6. The Kier molecular flexibility index (Phi) is 4.13. The summed E-state index contributed by atoms with van der Waals surface area (Å²) in [6.07, 6.45) is 1.61. The molecule has 2 N–H and O–H groups in total. The lowest BCUT2D eigenvalue weighted by Crippen LogP contribution is -2.07. The van der Waals surface area contributed by atoms with E-state index in [0.29, 0.717) is 6.07 Å². The molecule has 0 aliphatic rings. The molecule has 2 aromatic rings. The van der Waals surface area contributed by atoms with Gasteiger partial charge in [-0.2, -0.15) is 0 Å². The highest BCUT2D eigenvalue weighted by molar-refractivity contribution is 7.11. The number of benzene rings is 1. The van der Waals surface area contributed by atoms with Crippen LogP contribution in [0.15, 0.2) is 18.3 Å². The van der Waals surface area contributed by atoms with Gasteiger partial charge in [0.25, 0.3) is 5.69 Å². The number of nitrogens with zero attached hydrogens (tertiary/aromatic N) is 2. The summed E-state index contributed by atoms with van der Waals surface area (Å²) in [6, 6.07) is 1.52. The van der Waals surface area contributed by atoms with Crippen LogP contribution >= 0.6 is 11.3 Å². The Labute approximate surface area is 122 Å². The molecule has 1 aromatic carbocycles. The van der Waals surface area contributed by atoms with E-state index in [2.05, 4.69) is 10.3 Å². The second-order valence-electron chi connectivity index (χ2n) is 4.11. The molecule has 21 heavy (non-hydrogen) atoms. The van der Waals surface area contributed by atoms with Gasteiger partial charge in [0.1, 0.15) is 17.1 Å². The van der Waals surface area contributed by atoms with Crippen LogP contribution in [0.4, 0.5) is 15.8 Å². The molecule has 0 unspecified atom stereocenters. The first-order chi connectivity index (χ1) is 9.88. The number of nitro groups is 1. The van der Waals surface area contributed by atoms with Gasteiger partial charge >= 0.3 is 5.97 Å².